The van der Waals surface area contributed by atoms with Crippen LogP contribution in [0, 0.1) is 5.82 Å². The summed E-state index contributed by atoms with van der Waals surface area (Å²) in [6, 6.07) is 4.08. The van der Waals surface area contributed by atoms with E-state index >= 15 is 0 Å². The Morgan fingerprint density at radius 1 is 1.50 bits per heavy atom. The Kier molecular flexibility index (Phi) is 4.52. The van der Waals surface area contributed by atoms with Gasteiger partial charge in [-0.1, -0.05) is 11.6 Å². The van der Waals surface area contributed by atoms with Crippen LogP contribution < -0.4 is 16.6 Å². The van der Waals surface area contributed by atoms with Crippen LogP contribution in [0.4, 0.5) is 10.1 Å². The van der Waals surface area contributed by atoms with E-state index in [0.29, 0.717) is 16.7 Å². The van der Waals surface area contributed by atoms with Gasteiger partial charge in [-0.05, 0) is 32.0 Å². The number of nitrogens with zero attached hydrogens (tertiary/aromatic N) is 1. The average molecular weight is 245 g/mol. The molecule has 4 nitrogen and oxygen atoms in total. The Morgan fingerprint density at radius 3 is 2.75 bits per heavy atom. The van der Waals surface area contributed by atoms with Gasteiger partial charge >= 0.3 is 0 Å². The van der Waals surface area contributed by atoms with Crippen molar-refractivity contribution >= 4 is 23.2 Å². The molecular formula is C10H14ClFN4. The summed E-state index contributed by atoms with van der Waals surface area (Å²) >= 11 is 5.88. The quantitative estimate of drug-likeness (QED) is 0.323. The molecule has 1 aromatic carbocycles. The SMILES string of the molecule is CC(C)N=C(NN)Nc1cc(F)ccc1Cl. The molecule has 0 unspecified atom stereocenters. The Balaban J connectivity index is 2.90. The van der Waals surface area contributed by atoms with Crippen LogP contribution in [0.25, 0.3) is 0 Å². The zero-order valence-electron chi connectivity index (χ0n) is 9.09. The first kappa shape index (κ1) is 12.7. The van der Waals surface area contributed by atoms with E-state index < -0.39 is 0 Å². The van der Waals surface area contributed by atoms with Gasteiger partial charge in [0.05, 0.1) is 10.7 Å². The molecule has 0 radical (unpaired) electrons. The fourth-order valence-electron chi connectivity index (χ4n) is 1.08. The van der Waals surface area contributed by atoms with E-state index in [0.717, 1.165) is 0 Å². The summed E-state index contributed by atoms with van der Waals surface area (Å²) in [5.74, 6) is 5.23. The highest BCUT2D eigenvalue weighted by Crippen LogP contribution is 2.22. The van der Waals surface area contributed by atoms with Crippen LogP contribution in [0.1, 0.15) is 13.8 Å². The molecule has 0 spiro atoms. The van der Waals surface area contributed by atoms with E-state index in [1.54, 1.807) is 0 Å². The molecule has 0 bridgehead atoms. The lowest BCUT2D eigenvalue weighted by atomic mass is 10.3. The number of guanidine groups is 1. The number of hydrogen-bond donors (Lipinski definition) is 3. The molecule has 0 fully saturated rings. The maximum absolute atomic E-state index is 13.0. The second kappa shape index (κ2) is 5.67. The lowest BCUT2D eigenvalue weighted by Gasteiger charge is -2.11. The van der Waals surface area contributed by atoms with Gasteiger partial charge in [0.2, 0.25) is 5.96 Å². The Morgan fingerprint density at radius 2 is 2.19 bits per heavy atom. The molecule has 16 heavy (non-hydrogen) atoms. The number of nitrogens with one attached hydrogen (secondary N) is 2. The van der Waals surface area contributed by atoms with Gasteiger partial charge in [-0.25, -0.2) is 15.2 Å². The first-order chi connectivity index (χ1) is 7.52. The maximum atomic E-state index is 13.0. The van der Waals surface area contributed by atoms with Gasteiger partial charge in [0.25, 0.3) is 0 Å². The third-order valence-electron chi connectivity index (χ3n) is 1.71. The molecule has 0 amide bonds. The van der Waals surface area contributed by atoms with Crippen molar-refractivity contribution in [3.63, 3.8) is 0 Å². The molecule has 0 aliphatic rings. The smallest absolute Gasteiger partial charge is 0.210 e. The zero-order valence-corrected chi connectivity index (χ0v) is 9.85. The van der Waals surface area contributed by atoms with Crippen molar-refractivity contribution in [3.8, 4) is 0 Å². The molecule has 0 aliphatic heterocycles. The highest BCUT2D eigenvalue weighted by atomic mass is 35.5. The number of benzene rings is 1. The Bertz CT molecular complexity index is 392. The largest absolute Gasteiger partial charge is 0.324 e. The number of rotatable bonds is 2. The lowest BCUT2D eigenvalue weighted by Crippen LogP contribution is -2.37. The predicted molar refractivity (Wildman–Crippen MR) is 64.9 cm³/mol. The molecule has 0 aliphatic carbocycles. The zero-order chi connectivity index (χ0) is 12.1. The van der Waals surface area contributed by atoms with Crippen LogP contribution in [0.3, 0.4) is 0 Å². The number of aliphatic imine (C=N–C) groups is 1. The standard InChI is InChI=1S/C10H14ClFN4/c1-6(2)14-10(16-13)15-9-5-7(12)3-4-8(9)11/h3-6H,13H2,1-2H3,(H2,14,15,16). The molecular weight excluding hydrogens is 231 g/mol. The first-order valence-corrected chi connectivity index (χ1v) is 5.17. The highest BCUT2D eigenvalue weighted by Gasteiger charge is 2.05. The second-order valence-electron chi connectivity index (χ2n) is 3.46. The number of anilines is 1. The summed E-state index contributed by atoms with van der Waals surface area (Å²) < 4.78 is 13.0. The average Bonchev–Trinajstić information content (AvgIpc) is 2.21. The molecule has 6 heteroatoms. The van der Waals surface area contributed by atoms with E-state index in [9.17, 15) is 4.39 Å². The van der Waals surface area contributed by atoms with Gasteiger partial charge in [-0.2, -0.15) is 0 Å². The lowest BCUT2D eigenvalue weighted by molar-refractivity contribution is 0.628. The minimum atomic E-state index is -0.382. The van der Waals surface area contributed by atoms with Crippen LogP contribution in [0.15, 0.2) is 23.2 Å². The predicted octanol–water partition coefficient (Wildman–Crippen LogP) is 2.12. The van der Waals surface area contributed by atoms with Crippen molar-refractivity contribution in [1.29, 1.82) is 0 Å². The van der Waals surface area contributed by atoms with E-state index in [4.69, 9.17) is 17.4 Å². The molecule has 1 aromatic rings. The molecule has 88 valence electrons. The molecule has 0 heterocycles. The van der Waals surface area contributed by atoms with Crippen molar-refractivity contribution < 1.29 is 4.39 Å². The molecule has 1 rings (SSSR count). The monoisotopic (exact) mass is 244 g/mol. The summed E-state index contributed by atoms with van der Waals surface area (Å²) in [5.41, 5.74) is 2.80. The van der Waals surface area contributed by atoms with Crippen molar-refractivity contribution in [1.82, 2.24) is 5.43 Å². The normalized spacial score (nSPS) is 11.8. The van der Waals surface area contributed by atoms with Crippen molar-refractivity contribution in [2.24, 2.45) is 10.8 Å². The molecule has 0 saturated carbocycles. The maximum Gasteiger partial charge on any atom is 0.210 e. The van der Waals surface area contributed by atoms with E-state index in [2.05, 4.69) is 15.7 Å². The van der Waals surface area contributed by atoms with E-state index in [1.807, 2.05) is 13.8 Å². The van der Waals surface area contributed by atoms with Gasteiger partial charge in [0.1, 0.15) is 5.82 Å². The molecule has 0 saturated heterocycles. The van der Waals surface area contributed by atoms with Crippen LogP contribution >= 0.6 is 11.6 Å². The van der Waals surface area contributed by atoms with Gasteiger partial charge < -0.3 is 5.32 Å². The summed E-state index contributed by atoms with van der Waals surface area (Å²) in [4.78, 5) is 4.15. The summed E-state index contributed by atoms with van der Waals surface area (Å²) in [5, 5.41) is 3.21. The van der Waals surface area contributed by atoms with Crippen LogP contribution in [-0.2, 0) is 0 Å². The minimum absolute atomic E-state index is 0.0610. The second-order valence-corrected chi connectivity index (χ2v) is 3.87. The minimum Gasteiger partial charge on any atom is -0.324 e. The van der Waals surface area contributed by atoms with Gasteiger partial charge in [-0.15, -0.1) is 0 Å². The fourth-order valence-corrected chi connectivity index (χ4v) is 1.25. The third-order valence-corrected chi connectivity index (χ3v) is 2.04. The van der Waals surface area contributed by atoms with E-state index in [-0.39, 0.29) is 11.9 Å². The first-order valence-electron chi connectivity index (χ1n) is 4.79. The number of hydrazine groups is 1. The van der Waals surface area contributed by atoms with Gasteiger partial charge in [-0.3, -0.25) is 5.43 Å². The number of halogens is 2. The van der Waals surface area contributed by atoms with Crippen LogP contribution in [0.5, 0.6) is 0 Å². The molecule has 0 atom stereocenters. The number of nitrogens with two attached hydrogens (primary N) is 1. The van der Waals surface area contributed by atoms with Crippen molar-refractivity contribution in [2.75, 3.05) is 5.32 Å². The summed E-state index contributed by atoms with van der Waals surface area (Å²) in [7, 11) is 0. The van der Waals surface area contributed by atoms with Crippen molar-refractivity contribution in [3.05, 3.63) is 29.0 Å². The number of hydrogen-bond acceptors (Lipinski definition) is 2. The van der Waals surface area contributed by atoms with Crippen LogP contribution in [-0.4, -0.2) is 12.0 Å². The van der Waals surface area contributed by atoms with Gasteiger partial charge in [0, 0.05) is 6.04 Å². The molecule has 0 aromatic heterocycles. The fraction of sp³-hybridized carbons (Fsp3) is 0.300. The third kappa shape index (κ3) is 3.67. The Labute approximate surface area is 98.7 Å². The topological polar surface area (TPSA) is 62.4 Å². The van der Waals surface area contributed by atoms with E-state index in [1.165, 1.54) is 18.2 Å². The van der Waals surface area contributed by atoms with Crippen LogP contribution in [0.2, 0.25) is 5.02 Å². The molecule has 4 N–H and O–H groups in total. The van der Waals surface area contributed by atoms with Gasteiger partial charge in [0.15, 0.2) is 0 Å². The van der Waals surface area contributed by atoms with Crippen molar-refractivity contribution in [2.45, 2.75) is 19.9 Å². The Hall–Kier alpha value is -1.33. The summed E-state index contributed by atoms with van der Waals surface area (Å²) in [6.45, 7) is 3.79. The summed E-state index contributed by atoms with van der Waals surface area (Å²) in [6.07, 6.45) is 0. The highest BCUT2D eigenvalue weighted by molar-refractivity contribution is 6.33.